The molecule has 3 aromatic rings. The van der Waals surface area contributed by atoms with E-state index >= 15 is 4.39 Å². The number of allylic oxidation sites excluding steroid dienone is 6. The van der Waals surface area contributed by atoms with Crippen LogP contribution in [0.1, 0.15) is 23.7 Å². The average Bonchev–Trinajstić information content (AvgIpc) is 2.93. The fraction of sp³-hybridized carbons (Fsp3) is 0.138. The minimum Gasteiger partial charge on any atom is -0.293 e. The number of carbonyl (C=O) groups excluding carboxylic acids is 1. The molecule has 0 aliphatic heterocycles. The van der Waals surface area contributed by atoms with E-state index in [4.69, 9.17) is 0 Å². The van der Waals surface area contributed by atoms with Crippen molar-refractivity contribution in [2.24, 2.45) is 5.41 Å². The van der Waals surface area contributed by atoms with E-state index in [0.717, 1.165) is 30.3 Å². The van der Waals surface area contributed by atoms with Gasteiger partial charge in [-0.25, -0.2) is 21.2 Å². The summed E-state index contributed by atoms with van der Waals surface area (Å²) in [4.78, 5) is 13.1. The highest BCUT2D eigenvalue weighted by Crippen LogP contribution is 2.55. The summed E-state index contributed by atoms with van der Waals surface area (Å²) in [6, 6.07) is 20.6. The van der Waals surface area contributed by atoms with E-state index in [1.54, 1.807) is 43.4 Å². The van der Waals surface area contributed by atoms with Gasteiger partial charge in [-0.15, -0.1) is 0 Å². The molecule has 190 valence electrons. The van der Waals surface area contributed by atoms with Gasteiger partial charge >= 0.3 is 4.33 Å². The van der Waals surface area contributed by atoms with Gasteiger partial charge < -0.3 is 0 Å². The molecule has 8 heteroatoms. The summed E-state index contributed by atoms with van der Waals surface area (Å²) in [5.74, 6) is -0.957. The standard InChI is InChI=1S/C29H25FO5S2/c1-2-13-23-14-12-21-28(22-23,27(31)24-15-6-3-7-16-24)29(30,36(32,33)25-17-8-4-9-18-25)37(34,35)26-19-10-5-11-20-26/h2-21H,22H2,1H3. The molecular weight excluding hydrogens is 511 g/mol. The van der Waals surface area contributed by atoms with E-state index in [0.29, 0.717) is 5.57 Å². The van der Waals surface area contributed by atoms with Gasteiger partial charge in [-0.05, 0) is 43.2 Å². The Balaban J connectivity index is 2.14. The first-order chi connectivity index (χ1) is 17.6. The summed E-state index contributed by atoms with van der Waals surface area (Å²) in [7, 11) is -10.7. The van der Waals surface area contributed by atoms with Crippen molar-refractivity contribution < 1.29 is 26.0 Å². The smallest absolute Gasteiger partial charge is 0.293 e. The molecule has 0 heterocycles. The Morgan fingerprint density at radius 3 is 1.73 bits per heavy atom. The molecule has 0 aromatic heterocycles. The van der Waals surface area contributed by atoms with Gasteiger partial charge in [0.05, 0.1) is 9.79 Å². The maximum absolute atomic E-state index is 18.1. The van der Waals surface area contributed by atoms with Crippen LogP contribution in [0, 0.1) is 5.41 Å². The van der Waals surface area contributed by atoms with Gasteiger partial charge in [-0.2, -0.15) is 0 Å². The molecule has 1 atom stereocenters. The van der Waals surface area contributed by atoms with E-state index in [2.05, 4.69) is 0 Å². The SMILES string of the molecule is CC=CC1=CC=CC(C(=O)c2ccccc2)(C(F)(S(=O)(=O)c2ccccc2)S(=O)(=O)c2ccccc2)C1. The molecule has 0 saturated carbocycles. The number of sulfone groups is 2. The van der Waals surface area contributed by atoms with E-state index < -0.39 is 51.4 Å². The van der Waals surface area contributed by atoms with Crippen LogP contribution in [0.2, 0.25) is 0 Å². The zero-order valence-corrected chi connectivity index (χ0v) is 21.6. The lowest BCUT2D eigenvalue weighted by molar-refractivity contribution is 0.0736. The van der Waals surface area contributed by atoms with Crippen molar-refractivity contribution in [3.05, 3.63) is 133 Å². The van der Waals surface area contributed by atoms with Crippen LogP contribution in [0.15, 0.2) is 137 Å². The molecule has 0 saturated heterocycles. The van der Waals surface area contributed by atoms with Crippen LogP contribution in [-0.2, 0) is 19.7 Å². The number of Topliss-reactive ketones (excluding diaryl/α,β-unsaturated/α-hetero) is 1. The first-order valence-electron chi connectivity index (χ1n) is 11.5. The Morgan fingerprint density at radius 2 is 1.27 bits per heavy atom. The highest BCUT2D eigenvalue weighted by atomic mass is 32.3. The third-order valence-electron chi connectivity index (χ3n) is 6.33. The molecule has 0 radical (unpaired) electrons. The molecule has 1 unspecified atom stereocenters. The minimum absolute atomic E-state index is 0.0116. The molecule has 5 nitrogen and oxygen atoms in total. The van der Waals surface area contributed by atoms with Crippen LogP contribution < -0.4 is 0 Å². The number of halogens is 1. The first kappa shape index (κ1) is 26.4. The summed E-state index contributed by atoms with van der Waals surface area (Å²) in [5.41, 5.74) is -2.24. The second-order valence-electron chi connectivity index (χ2n) is 8.61. The fourth-order valence-corrected chi connectivity index (χ4v) is 9.37. The summed E-state index contributed by atoms with van der Waals surface area (Å²) < 4.78 is 70.8. The summed E-state index contributed by atoms with van der Waals surface area (Å²) in [6.07, 6.45) is 6.78. The van der Waals surface area contributed by atoms with Crippen molar-refractivity contribution in [3.63, 3.8) is 0 Å². The molecule has 0 bridgehead atoms. The van der Waals surface area contributed by atoms with Crippen LogP contribution in [0.5, 0.6) is 0 Å². The molecule has 3 aromatic carbocycles. The second kappa shape index (κ2) is 10.0. The number of ketones is 1. The monoisotopic (exact) mass is 536 g/mol. The Hall–Kier alpha value is -3.62. The van der Waals surface area contributed by atoms with E-state index in [1.807, 2.05) is 0 Å². The lowest BCUT2D eigenvalue weighted by Crippen LogP contribution is -2.59. The lowest BCUT2D eigenvalue weighted by atomic mass is 9.73. The Labute approximate surface area is 216 Å². The minimum atomic E-state index is -5.33. The summed E-state index contributed by atoms with van der Waals surface area (Å²) >= 11 is 0. The fourth-order valence-electron chi connectivity index (χ4n) is 4.57. The Morgan fingerprint density at radius 1 is 0.811 bits per heavy atom. The predicted molar refractivity (Wildman–Crippen MR) is 141 cm³/mol. The van der Waals surface area contributed by atoms with Crippen molar-refractivity contribution in [3.8, 4) is 0 Å². The average molecular weight is 537 g/mol. The van der Waals surface area contributed by atoms with Crippen LogP contribution in [0.3, 0.4) is 0 Å². The molecule has 1 aliphatic rings. The maximum atomic E-state index is 18.1. The van der Waals surface area contributed by atoms with Gasteiger partial charge in [0.1, 0.15) is 5.41 Å². The number of hydrogen-bond acceptors (Lipinski definition) is 5. The number of alkyl halides is 1. The zero-order chi connectivity index (χ0) is 26.7. The normalized spacial score (nSPS) is 18.5. The summed E-state index contributed by atoms with van der Waals surface area (Å²) in [6.45, 7) is 1.71. The lowest BCUT2D eigenvalue weighted by Gasteiger charge is -2.42. The zero-order valence-electron chi connectivity index (χ0n) is 20.0. The highest BCUT2D eigenvalue weighted by Gasteiger charge is 2.72. The number of carbonyl (C=O) groups is 1. The van der Waals surface area contributed by atoms with Crippen LogP contribution >= 0.6 is 0 Å². The van der Waals surface area contributed by atoms with Gasteiger partial charge in [0.2, 0.25) is 19.7 Å². The van der Waals surface area contributed by atoms with E-state index in [1.165, 1.54) is 54.6 Å². The molecule has 0 N–H and O–H groups in total. The molecule has 4 rings (SSSR count). The Kier molecular flexibility index (Phi) is 7.17. The number of rotatable bonds is 8. The predicted octanol–water partition coefficient (Wildman–Crippen LogP) is 5.89. The summed E-state index contributed by atoms with van der Waals surface area (Å²) in [5, 5.41) is 0. The van der Waals surface area contributed by atoms with E-state index in [-0.39, 0.29) is 5.56 Å². The Bertz CT molecular complexity index is 1520. The molecule has 0 amide bonds. The van der Waals surface area contributed by atoms with Crippen molar-refractivity contribution in [2.45, 2.75) is 27.5 Å². The first-order valence-corrected chi connectivity index (χ1v) is 14.5. The van der Waals surface area contributed by atoms with Gasteiger partial charge in [-0.1, -0.05) is 97.1 Å². The van der Waals surface area contributed by atoms with Gasteiger partial charge in [0.15, 0.2) is 5.78 Å². The van der Waals surface area contributed by atoms with Crippen molar-refractivity contribution in [1.29, 1.82) is 0 Å². The van der Waals surface area contributed by atoms with Crippen LogP contribution in [0.25, 0.3) is 0 Å². The third-order valence-corrected chi connectivity index (χ3v) is 11.5. The number of benzene rings is 3. The topological polar surface area (TPSA) is 85.3 Å². The molecule has 0 fully saturated rings. The van der Waals surface area contributed by atoms with Crippen molar-refractivity contribution in [2.75, 3.05) is 0 Å². The van der Waals surface area contributed by atoms with Crippen LogP contribution in [0.4, 0.5) is 4.39 Å². The van der Waals surface area contributed by atoms with Gasteiger partial charge in [0, 0.05) is 5.56 Å². The molecule has 1 aliphatic carbocycles. The largest absolute Gasteiger partial charge is 0.334 e. The van der Waals surface area contributed by atoms with Gasteiger partial charge in [0.25, 0.3) is 0 Å². The van der Waals surface area contributed by atoms with Crippen molar-refractivity contribution in [1.82, 2.24) is 0 Å². The maximum Gasteiger partial charge on any atom is 0.334 e. The van der Waals surface area contributed by atoms with Crippen molar-refractivity contribution >= 4 is 25.5 Å². The quantitative estimate of drug-likeness (QED) is 0.335. The number of hydrogen-bond donors (Lipinski definition) is 0. The third kappa shape index (κ3) is 4.20. The van der Waals surface area contributed by atoms with E-state index in [9.17, 15) is 21.6 Å². The van der Waals surface area contributed by atoms with Crippen LogP contribution in [-0.4, -0.2) is 27.0 Å². The highest BCUT2D eigenvalue weighted by molar-refractivity contribution is 8.10. The molecule has 37 heavy (non-hydrogen) atoms. The van der Waals surface area contributed by atoms with Gasteiger partial charge in [-0.3, -0.25) is 4.79 Å². The molecule has 0 spiro atoms. The molecular formula is C29H25FO5S2. The second-order valence-corrected chi connectivity index (χ2v) is 13.0.